The minimum Gasteiger partial charge on any atom is -0.497 e. The van der Waals surface area contributed by atoms with Crippen LogP contribution in [0.25, 0.3) is 0 Å². The van der Waals surface area contributed by atoms with E-state index < -0.39 is 4.92 Å². The van der Waals surface area contributed by atoms with Gasteiger partial charge in [0.05, 0.1) is 24.8 Å². The van der Waals surface area contributed by atoms with Gasteiger partial charge in [-0.15, -0.1) is 0 Å². The smallest absolute Gasteiger partial charge is 0.353 e. The number of aromatic nitrogens is 2. The van der Waals surface area contributed by atoms with Gasteiger partial charge in [0, 0.05) is 12.6 Å². The van der Waals surface area contributed by atoms with E-state index in [0.717, 1.165) is 0 Å². The second kappa shape index (κ2) is 7.25. The molecule has 0 radical (unpaired) electrons. The summed E-state index contributed by atoms with van der Waals surface area (Å²) in [5, 5.41) is 17.1. The Kier molecular flexibility index (Phi) is 5.13. The Morgan fingerprint density at radius 3 is 2.57 bits per heavy atom. The summed E-state index contributed by atoms with van der Waals surface area (Å²) in [4.78, 5) is 18.7. The number of nitrogens with zero attached hydrogens (tertiary/aromatic N) is 3. The lowest BCUT2D eigenvalue weighted by atomic mass is 10.2. The summed E-state index contributed by atoms with van der Waals surface area (Å²) in [6, 6.07) is 5.08. The maximum Gasteiger partial charge on any atom is 0.353 e. The molecular formula is C14H17N5O4. The SMILES string of the molecule is CCNc1ncnc(Nc2cc(OC)ccc2OC)c1[N+](=O)[O-]. The molecule has 0 bridgehead atoms. The molecule has 9 nitrogen and oxygen atoms in total. The molecule has 0 atom stereocenters. The van der Waals surface area contributed by atoms with Crippen molar-refractivity contribution in [3.8, 4) is 11.5 Å². The van der Waals surface area contributed by atoms with E-state index in [0.29, 0.717) is 23.7 Å². The Labute approximate surface area is 132 Å². The molecule has 0 spiro atoms. The predicted octanol–water partition coefficient (Wildman–Crippen LogP) is 2.58. The third-order valence-corrected chi connectivity index (χ3v) is 3.01. The number of anilines is 3. The van der Waals surface area contributed by atoms with Crippen LogP contribution in [-0.2, 0) is 0 Å². The van der Waals surface area contributed by atoms with Crippen LogP contribution >= 0.6 is 0 Å². The number of hydrogen-bond acceptors (Lipinski definition) is 8. The number of nitro groups is 1. The summed E-state index contributed by atoms with van der Waals surface area (Å²) in [7, 11) is 3.04. The third kappa shape index (κ3) is 3.57. The molecule has 0 fully saturated rings. The van der Waals surface area contributed by atoms with Crippen molar-refractivity contribution in [1.82, 2.24) is 9.97 Å². The summed E-state index contributed by atoms with van der Waals surface area (Å²) in [5.41, 5.74) is 0.260. The fraction of sp³-hybridized carbons (Fsp3) is 0.286. The Morgan fingerprint density at radius 2 is 1.96 bits per heavy atom. The van der Waals surface area contributed by atoms with Gasteiger partial charge in [-0.3, -0.25) is 10.1 Å². The van der Waals surface area contributed by atoms with Gasteiger partial charge in [0.15, 0.2) is 0 Å². The van der Waals surface area contributed by atoms with Crippen LogP contribution in [0.5, 0.6) is 11.5 Å². The monoisotopic (exact) mass is 319 g/mol. The fourth-order valence-electron chi connectivity index (χ4n) is 1.98. The van der Waals surface area contributed by atoms with Crippen molar-refractivity contribution in [2.75, 3.05) is 31.4 Å². The first kappa shape index (κ1) is 16.3. The number of benzene rings is 1. The van der Waals surface area contributed by atoms with Crippen molar-refractivity contribution in [2.24, 2.45) is 0 Å². The molecule has 0 saturated carbocycles. The molecule has 0 aliphatic carbocycles. The van der Waals surface area contributed by atoms with Crippen molar-refractivity contribution >= 4 is 23.0 Å². The normalized spacial score (nSPS) is 10.0. The largest absolute Gasteiger partial charge is 0.497 e. The van der Waals surface area contributed by atoms with E-state index in [1.165, 1.54) is 20.5 Å². The molecule has 0 aliphatic rings. The number of rotatable bonds is 7. The van der Waals surface area contributed by atoms with Gasteiger partial charge in [-0.1, -0.05) is 0 Å². The Morgan fingerprint density at radius 1 is 1.22 bits per heavy atom. The maximum atomic E-state index is 11.4. The minimum atomic E-state index is -0.535. The van der Waals surface area contributed by atoms with Crippen molar-refractivity contribution in [2.45, 2.75) is 6.92 Å². The molecule has 0 amide bonds. The van der Waals surface area contributed by atoms with Gasteiger partial charge in [-0.05, 0) is 19.1 Å². The van der Waals surface area contributed by atoms with Crippen molar-refractivity contribution in [3.05, 3.63) is 34.6 Å². The molecule has 1 aromatic carbocycles. The van der Waals surface area contributed by atoms with Gasteiger partial charge in [-0.25, -0.2) is 9.97 Å². The van der Waals surface area contributed by atoms with E-state index >= 15 is 0 Å². The lowest BCUT2D eigenvalue weighted by molar-refractivity contribution is -0.383. The molecule has 122 valence electrons. The lowest BCUT2D eigenvalue weighted by Crippen LogP contribution is -2.08. The second-order valence-corrected chi connectivity index (χ2v) is 4.40. The standard InChI is InChI=1S/C14H17N5O4/c1-4-15-13-12(19(20)21)14(17-8-16-13)18-10-7-9(22-2)5-6-11(10)23-3/h5-8H,4H2,1-3H3,(H2,15,16,17,18). The minimum absolute atomic E-state index is 0.0625. The van der Waals surface area contributed by atoms with Gasteiger partial charge >= 0.3 is 5.69 Å². The summed E-state index contributed by atoms with van der Waals surface area (Å²) in [6.07, 6.45) is 1.25. The van der Waals surface area contributed by atoms with Gasteiger partial charge in [0.1, 0.15) is 17.8 Å². The molecule has 2 rings (SSSR count). The average Bonchev–Trinajstić information content (AvgIpc) is 2.55. The zero-order valence-corrected chi connectivity index (χ0v) is 13.0. The summed E-state index contributed by atoms with van der Waals surface area (Å²) in [6.45, 7) is 2.32. The van der Waals surface area contributed by atoms with E-state index in [-0.39, 0.29) is 17.3 Å². The molecule has 23 heavy (non-hydrogen) atoms. The highest BCUT2D eigenvalue weighted by Gasteiger charge is 2.23. The van der Waals surface area contributed by atoms with Crippen LogP contribution in [0.4, 0.5) is 23.0 Å². The van der Waals surface area contributed by atoms with Gasteiger partial charge in [0.25, 0.3) is 0 Å². The highest BCUT2D eigenvalue weighted by molar-refractivity contribution is 5.76. The third-order valence-electron chi connectivity index (χ3n) is 3.01. The van der Waals surface area contributed by atoms with E-state index in [1.54, 1.807) is 18.2 Å². The first-order chi connectivity index (χ1) is 11.1. The van der Waals surface area contributed by atoms with Crippen LogP contribution in [0.3, 0.4) is 0 Å². The van der Waals surface area contributed by atoms with Crippen LogP contribution in [-0.4, -0.2) is 35.7 Å². The molecule has 0 saturated heterocycles. The first-order valence-electron chi connectivity index (χ1n) is 6.83. The van der Waals surface area contributed by atoms with E-state index in [9.17, 15) is 10.1 Å². The zero-order valence-electron chi connectivity index (χ0n) is 13.0. The highest BCUT2D eigenvalue weighted by atomic mass is 16.6. The zero-order chi connectivity index (χ0) is 16.8. The van der Waals surface area contributed by atoms with E-state index in [1.807, 2.05) is 6.92 Å². The highest BCUT2D eigenvalue weighted by Crippen LogP contribution is 2.35. The number of methoxy groups -OCH3 is 2. The van der Waals surface area contributed by atoms with Gasteiger partial charge < -0.3 is 20.1 Å². The Balaban J connectivity index is 2.47. The molecule has 9 heteroatoms. The molecular weight excluding hydrogens is 302 g/mol. The molecule has 1 heterocycles. The van der Waals surface area contributed by atoms with Crippen LogP contribution < -0.4 is 20.1 Å². The van der Waals surface area contributed by atoms with Crippen molar-refractivity contribution in [1.29, 1.82) is 0 Å². The molecule has 2 aromatic rings. The summed E-state index contributed by atoms with van der Waals surface area (Å²) >= 11 is 0. The summed E-state index contributed by atoms with van der Waals surface area (Å²) in [5.74, 6) is 1.30. The number of nitrogens with one attached hydrogen (secondary N) is 2. The van der Waals surface area contributed by atoms with Crippen LogP contribution in [0, 0.1) is 10.1 Å². The molecule has 0 unspecified atom stereocenters. The van der Waals surface area contributed by atoms with Gasteiger partial charge in [-0.2, -0.15) is 0 Å². The molecule has 0 aliphatic heterocycles. The lowest BCUT2D eigenvalue weighted by Gasteiger charge is -2.13. The fourth-order valence-corrected chi connectivity index (χ4v) is 1.98. The first-order valence-corrected chi connectivity index (χ1v) is 6.83. The van der Waals surface area contributed by atoms with E-state index in [4.69, 9.17) is 9.47 Å². The van der Waals surface area contributed by atoms with Crippen LogP contribution in [0.15, 0.2) is 24.5 Å². The Bertz CT molecular complexity index is 708. The van der Waals surface area contributed by atoms with Crippen molar-refractivity contribution in [3.63, 3.8) is 0 Å². The van der Waals surface area contributed by atoms with E-state index in [2.05, 4.69) is 20.6 Å². The quantitative estimate of drug-likeness (QED) is 0.591. The van der Waals surface area contributed by atoms with Gasteiger partial charge in [0.2, 0.25) is 11.6 Å². The van der Waals surface area contributed by atoms with Crippen LogP contribution in [0.1, 0.15) is 6.92 Å². The topological polar surface area (TPSA) is 111 Å². The number of hydrogen-bond donors (Lipinski definition) is 2. The Hall–Kier alpha value is -3.10. The number of ether oxygens (including phenoxy) is 2. The van der Waals surface area contributed by atoms with Crippen LogP contribution in [0.2, 0.25) is 0 Å². The summed E-state index contributed by atoms with van der Waals surface area (Å²) < 4.78 is 10.4. The molecule has 1 aromatic heterocycles. The maximum absolute atomic E-state index is 11.4. The molecule has 2 N–H and O–H groups in total. The van der Waals surface area contributed by atoms with Crippen molar-refractivity contribution < 1.29 is 14.4 Å². The predicted molar refractivity (Wildman–Crippen MR) is 85.7 cm³/mol. The average molecular weight is 319 g/mol. The second-order valence-electron chi connectivity index (χ2n) is 4.40.